The van der Waals surface area contributed by atoms with E-state index in [2.05, 4.69) is 0 Å². The zero-order valence-corrected chi connectivity index (χ0v) is 6.63. The first-order chi connectivity index (χ1) is 4.31. The quantitative estimate of drug-likeness (QED) is 0.588. The normalized spacial score (nSPS) is 11.4. The smallest absolute Gasteiger partial charge is 0.133 e. The summed E-state index contributed by atoms with van der Waals surface area (Å²) in [4.78, 5) is 0. The van der Waals surface area contributed by atoms with Gasteiger partial charge in [-0.05, 0) is 23.5 Å². The number of rotatable bonds is 3. The van der Waals surface area contributed by atoms with Gasteiger partial charge in [0.15, 0.2) is 0 Å². The minimum Gasteiger partial charge on any atom is -0.185 e. The number of hydrogen-bond acceptors (Lipinski definition) is 4. The van der Waals surface area contributed by atoms with Gasteiger partial charge in [-0.15, -0.1) is 0 Å². The van der Waals surface area contributed by atoms with Gasteiger partial charge in [0.1, 0.15) is 10.8 Å². The molecule has 0 N–H and O–H groups in total. The number of nitriles is 2. The van der Waals surface area contributed by atoms with E-state index in [1.165, 1.54) is 23.5 Å². The predicted molar refractivity (Wildman–Crippen MR) is 40.7 cm³/mol. The number of thiocyanates is 2. The molecule has 0 aromatic rings. The minimum atomic E-state index is 0.264. The minimum absolute atomic E-state index is 0.264. The van der Waals surface area contributed by atoms with Crippen LogP contribution in [0.4, 0.5) is 0 Å². The zero-order valence-electron chi connectivity index (χ0n) is 5.00. The van der Waals surface area contributed by atoms with E-state index in [1.807, 2.05) is 17.7 Å². The van der Waals surface area contributed by atoms with Gasteiger partial charge in [0.25, 0.3) is 0 Å². The first-order valence-corrected chi connectivity index (χ1v) is 4.23. The van der Waals surface area contributed by atoms with Gasteiger partial charge in [-0.1, -0.05) is 6.92 Å². The van der Waals surface area contributed by atoms with Crippen molar-refractivity contribution in [1.29, 1.82) is 10.5 Å². The van der Waals surface area contributed by atoms with Crippen LogP contribution in [0.3, 0.4) is 0 Å². The summed E-state index contributed by atoms with van der Waals surface area (Å²) in [6.07, 6.45) is 0. The van der Waals surface area contributed by atoms with Gasteiger partial charge in [-0.25, -0.2) is 0 Å². The molecule has 0 amide bonds. The Labute approximate surface area is 63.2 Å². The summed E-state index contributed by atoms with van der Waals surface area (Å²) in [5.41, 5.74) is 0. The van der Waals surface area contributed by atoms with Crippen LogP contribution in [0.1, 0.15) is 6.92 Å². The van der Waals surface area contributed by atoms with E-state index in [0.717, 1.165) is 5.75 Å². The Morgan fingerprint density at radius 1 is 1.44 bits per heavy atom. The maximum absolute atomic E-state index is 8.16. The first-order valence-electron chi connectivity index (χ1n) is 2.37. The Morgan fingerprint density at radius 2 is 2.11 bits per heavy atom. The highest BCUT2D eigenvalue weighted by Crippen LogP contribution is 2.12. The van der Waals surface area contributed by atoms with E-state index >= 15 is 0 Å². The summed E-state index contributed by atoms with van der Waals surface area (Å²) in [7, 11) is 0. The third-order valence-corrected chi connectivity index (χ3v) is 2.32. The topological polar surface area (TPSA) is 47.6 Å². The second kappa shape index (κ2) is 5.81. The second-order valence-corrected chi connectivity index (χ2v) is 3.45. The molecule has 1 unspecified atom stereocenters. The molecular formula is C5H6N2S2. The summed E-state index contributed by atoms with van der Waals surface area (Å²) >= 11 is 2.39. The van der Waals surface area contributed by atoms with Crippen LogP contribution in [-0.4, -0.2) is 11.0 Å². The number of thioether (sulfide) groups is 2. The van der Waals surface area contributed by atoms with Crippen molar-refractivity contribution in [2.24, 2.45) is 0 Å². The van der Waals surface area contributed by atoms with E-state index in [9.17, 15) is 0 Å². The van der Waals surface area contributed by atoms with Crippen molar-refractivity contribution in [2.45, 2.75) is 12.2 Å². The maximum atomic E-state index is 8.16. The molecule has 0 aliphatic heterocycles. The van der Waals surface area contributed by atoms with E-state index in [4.69, 9.17) is 10.5 Å². The first kappa shape index (κ1) is 8.68. The van der Waals surface area contributed by atoms with Crippen LogP contribution in [0.2, 0.25) is 0 Å². The zero-order chi connectivity index (χ0) is 7.11. The molecule has 48 valence electrons. The van der Waals surface area contributed by atoms with E-state index in [0.29, 0.717) is 0 Å². The van der Waals surface area contributed by atoms with Gasteiger partial charge in [-0.2, -0.15) is 10.5 Å². The molecule has 0 fully saturated rings. The highest BCUT2D eigenvalue weighted by atomic mass is 32.2. The summed E-state index contributed by atoms with van der Waals surface area (Å²) in [6, 6.07) is 0. The molecule has 4 heteroatoms. The number of nitrogens with zero attached hydrogens (tertiary/aromatic N) is 2. The lowest BCUT2D eigenvalue weighted by atomic mass is 10.6. The van der Waals surface area contributed by atoms with Crippen molar-refractivity contribution >= 4 is 23.5 Å². The fourth-order valence-electron chi connectivity index (χ4n) is 0.279. The lowest BCUT2D eigenvalue weighted by molar-refractivity contribution is 1.14. The highest BCUT2D eigenvalue weighted by Gasteiger charge is 1.99. The summed E-state index contributed by atoms with van der Waals surface area (Å²) < 4.78 is 0. The molecule has 0 radical (unpaired) electrons. The number of hydrogen-bond donors (Lipinski definition) is 0. The SMILES string of the molecule is CC(CSC#N)SC#N. The largest absolute Gasteiger partial charge is 0.185 e. The second-order valence-electron chi connectivity index (χ2n) is 1.42. The average Bonchev–Trinajstić information content (AvgIpc) is 1.85. The molecule has 0 saturated carbocycles. The van der Waals surface area contributed by atoms with Crippen molar-refractivity contribution in [3.8, 4) is 10.8 Å². The lowest BCUT2D eigenvalue weighted by Crippen LogP contribution is -1.96. The molecule has 0 aliphatic carbocycles. The molecule has 0 aromatic heterocycles. The van der Waals surface area contributed by atoms with Crippen molar-refractivity contribution < 1.29 is 0 Å². The van der Waals surface area contributed by atoms with E-state index in [1.54, 1.807) is 0 Å². The van der Waals surface area contributed by atoms with Crippen LogP contribution in [-0.2, 0) is 0 Å². The van der Waals surface area contributed by atoms with Crippen LogP contribution >= 0.6 is 23.5 Å². The predicted octanol–water partition coefficient (Wildman–Crippen LogP) is 1.80. The van der Waals surface area contributed by atoms with Crippen LogP contribution < -0.4 is 0 Å². The summed E-state index contributed by atoms with van der Waals surface area (Å²) in [6.45, 7) is 1.93. The molecule has 0 heterocycles. The fraction of sp³-hybridized carbons (Fsp3) is 0.600. The van der Waals surface area contributed by atoms with Gasteiger partial charge >= 0.3 is 0 Å². The van der Waals surface area contributed by atoms with Gasteiger partial charge in [0, 0.05) is 11.0 Å². The van der Waals surface area contributed by atoms with E-state index < -0.39 is 0 Å². The third-order valence-electron chi connectivity index (χ3n) is 0.636. The standard InChI is InChI=1S/C5H6N2S2/c1-5(9-4-7)2-8-3-6/h5H,2H2,1H3. The molecule has 0 saturated heterocycles. The van der Waals surface area contributed by atoms with Gasteiger partial charge in [-0.3, -0.25) is 0 Å². The third kappa shape index (κ3) is 5.55. The Morgan fingerprint density at radius 3 is 2.56 bits per heavy atom. The van der Waals surface area contributed by atoms with Crippen LogP contribution in [0.15, 0.2) is 0 Å². The molecular weight excluding hydrogens is 152 g/mol. The Kier molecular flexibility index (Phi) is 5.60. The fourth-order valence-corrected chi connectivity index (χ4v) is 1.24. The van der Waals surface area contributed by atoms with Crippen molar-refractivity contribution in [3.63, 3.8) is 0 Å². The van der Waals surface area contributed by atoms with Gasteiger partial charge in [0.05, 0.1) is 0 Å². The molecule has 0 aliphatic rings. The molecule has 0 spiro atoms. The average molecular weight is 158 g/mol. The van der Waals surface area contributed by atoms with Crippen LogP contribution in [0.25, 0.3) is 0 Å². The monoisotopic (exact) mass is 158 g/mol. The lowest BCUT2D eigenvalue weighted by Gasteiger charge is -1.98. The molecule has 0 rings (SSSR count). The van der Waals surface area contributed by atoms with Crippen molar-refractivity contribution in [2.75, 3.05) is 5.75 Å². The highest BCUT2D eigenvalue weighted by molar-refractivity contribution is 8.07. The van der Waals surface area contributed by atoms with Gasteiger partial charge < -0.3 is 0 Å². The van der Waals surface area contributed by atoms with Gasteiger partial charge in [0.2, 0.25) is 0 Å². The molecule has 2 nitrogen and oxygen atoms in total. The molecule has 0 bridgehead atoms. The van der Waals surface area contributed by atoms with Crippen molar-refractivity contribution in [1.82, 2.24) is 0 Å². The Balaban J connectivity index is 3.21. The Hall–Kier alpha value is -0.320. The molecule has 9 heavy (non-hydrogen) atoms. The van der Waals surface area contributed by atoms with Crippen LogP contribution in [0.5, 0.6) is 0 Å². The summed E-state index contributed by atoms with van der Waals surface area (Å²) in [5.74, 6) is 0.731. The van der Waals surface area contributed by atoms with Crippen LogP contribution in [0, 0.1) is 21.3 Å². The summed E-state index contributed by atoms with van der Waals surface area (Å²) in [5, 5.41) is 20.4. The Bertz CT molecular complexity index is 144. The van der Waals surface area contributed by atoms with E-state index in [-0.39, 0.29) is 5.25 Å². The molecule has 0 aromatic carbocycles. The molecule has 1 atom stereocenters. The van der Waals surface area contributed by atoms with Crippen molar-refractivity contribution in [3.05, 3.63) is 0 Å². The maximum Gasteiger partial charge on any atom is 0.133 e.